The Morgan fingerprint density at radius 3 is 2.20 bits per heavy atom. The SMILES string of the molecule is CCOC(=O)C1(NCC2CC2)C2CC3CC(C2)CC1C3. The van der Waals surface area contributed by atoms with Crippen LogP contribution >= 0.6 is 0 Å². The third kappa shape index (κ3) is 1.93. The summed E-state index contributed by atoms with van der Waals surface area (Å²) in [6.07, 6.45) is 9.12. The number of carbonyl (C=O) groups is 1. The van der Waals surface area contributed by atoms with Gasteiger partial charge in [0.1, 0.15) is 5.54 Å². The van der Waals surface area contributed by atoms with Gasteiger partial charge in [0, 0.05) is 0 Å². The quantitative estimate of drug-likeness (QED) is 0.785. The van der Waals surface area contributed by atoms with E-state index < -0.39 is 0 Å². The van der Waals surface area contributed by atoms with Gasteiger partial charge in [0.05, 0.1) is 6.61 Å². The lowest BCUT2D eigenvalue weighted by molar-refractivity contribution is -0.171. The van der Waals surface area contributed by atoms with Crippen molar-refractivity contribution in [3.05, 3.63) is 0 Å². The number of ether oxygens (including phenoxy) is 1. The van der Waals surface area contributed by atoms with Gasteiger partial charge in [0.2, 0.25) is 0 Å². The van der Waals surface area contributed by atoms with Crippen molar-refractivity contribution in [3.8, 4) is 0 Å². The number of hydrogen-bond donors (Lipinski definition) is 1. The lowest BCUT2D eigenvalue weighted by atomic mass is 9.48. The van der Waals surface area contributed by atoms with E-state index >= 15 is 0 Å². The molecule has 5 rings (SSSR count). The fourth-order valence-corrected chi connectivity index (χ4v) is 5.51. The summed E-state index contributed by atoms with van der Waals surface area (Å²) in [6, 6.07) is 0. The van der Waals surface area contributed by atoms with Crippen LogP contribution in [0.3, 0.4) is 0 Å². The summed E-state index contributed by atoms with van der Waals surface area (Å²) < 4.78 is 5.52. The van der Waals surface area contributed by atoms with E-state index in [1.165, 1.54) is 44.9 Å². The molecule has 5 aliphatic carbocycles. The number of esters is 1. The third-order valence-corrected chi connectivity index (χ3v) is 6.42. The van der Waals surface area contributed by atoms with Crippen molar-refractivity contribution in [1.82, 2.24) is 5.32 Å². The normalized spacial score (nSPS) is 45.6. The van der Waals surface area contributed by atoms with Crippen molar-refractivity contribution in [2.45, 2.75) is 57.4 Å². The van der Waals surface area contributed by atoms with Crippen LogP contribution in [0.2, 0.25) is 0 Å². The van der Waals surface area contributed by atoms with Crippen molar-refractivity contribution in [2.24, 2.45) is 29.6 Å². The average Bonchev–Trinajstić information content (AvgIpc) is 3.22. The molecule has 3 heteroatoms. The molecule has 3 nitrogen and oxygen atoms in total. The standard InChI is InChI=1S/C17H27NO2/c1-2-20-16(19)17(18-10-11-3-4-11)14-6-12-5-13(8-14)9-15(17)7-12/h11-15,18H,2-10H2,1H3. The lowest BCUT2D eigenvalue weighted by Gasteiger charge is -2.59. The molecule has 0 spiro atoms. The number of nitrogens with one attached hydrogen (secondary N) is 1. The molecule has 0 saturated heterocycles. The van der Waals surface area contributed by atoms with E-state index in [0.29, 0.717) is 18.4 Å². The van der Waals surface area contributed by atoms with E-state index in [1.807, 2.05) is 6.92 Å². The maximum Gasteiger partial charge on any atom is 0.326 e. The second-order valence-electron chi connectivity index (χ2n) is 7.72. The molecule has 0 radical (unpaired) electrons. The van der Waals surface area contributed by atoms with Crippen molar-refractivity contribution >= 4 is 5.97 Å². The molecule has 0 aromatic rings. The number of rotatable bonds is 5. The molecule has 5 aliphatic rings. The summed E-state index contributed by atoms with van der Waals surface area (Å²) in [5.74, 6) is 3.74. The molecule has 20 heavy (non-hydrogen) atoms. The number of hydrogen-bond acceptors (Lipinski definition) is 3. The van der Waals surface area contributed by atoms with E-state index in [9.17, 15) is 4.79 Å². The molecular weight excluding hydrogens is 250 g/mol. The van der Waals surface area contributed by atoms with Crippen LogP contribution in [0.5, 0.6) is 0 Å². The van der Waals surface area contributed by atoms with Crippen LogP contribution in [0.25, 0.3) is 0 Å². The molecule has 0 unspecified atom stereocenters. The zero-order valence-corrected chi connectivity index (χ0v) is 12.6. The van der Waals surface area contributed by atoms with Gasteiger partial charge in [-0.25, -0.2) is 0 Å². The molecule has 112 valence electrons. The highest BCUT2D eigenvalue weighted by Gasteiger charge is 2.61. The van der Waals surface area contributed by atoms with E-state index in [0.717, 1.165) is 24.3 Å². The van der Waals surface area contributed by atoms with Crippen LogP contribution in [0.1, 0.15) is 51.9 Å². The minimum absolute atomic E-state index is 0.0643. The lowest BCUT2D eigenvalue weighted by Crippen LogP contribution is -2.69. The molecule has 5 fully saturated rings. The maximum absolute atomic E-state index is 12.8. The largest absolute Gasteiger partial charge is 0.465 e. The third-order valence-electron chi connectivity index (χ3n) is 6.42. The van der Waals surface area contributed by atoms with Crippen LogP contribution in [0.15, 0.2) is 0 Å². The zero-order valence-electron chi connectivity index (χ0n) is 12.6. The monoisotopic (exact) mass is 277 g/mol. The fraction of sp³-hybridized carbons (Fsp3) is 0.941. The minimum atomic E-state index is -0.327. The number of carbonyl (C=O) groups excluding carboxylic acids is 1. The van der Waals surface area contributed by atoms with E-state index in [4.69, 9.17) is 4.74 Å². The Bertz CT molecular complexity index is 374. The zero-order chi connectivity index (χ0) is 13.7. The first kappa shape index (κ1) is 13.1. The Morgan fingerprint density at radius 1 is 1.10 bits per heavy atom. The Labute approximate surface area is 121 Å². The van der Waals surface area contributed by atoms with Crippen molar-refractivity contribution in [1.29, 1.82) is 0 Å². The summed E-state index contributed by atoms with van der Waals surface area (Å²) in [5, 5.41) is 3.75. The molecule has 5 saturated carbocycles. The highest BCUT2D eigenvalue weighted by atomic mass is 16.5. The van der Waals surface area contributed by atoms with Crippen LogP contribution in [0, 0.1) is 29.6 Å². The second kappa shape index (κ2) is 4.72. The van der Waals surface area contributed by atoms with Gasteiger partial charge in [0.15, 0.2) is 0 Å². The summed E-state index contributed by atoms with van der Waals surface area (Å²) >= 11 is 0. The van der Waals surface area contributed by atoms with Gasteiger partial charge >= 0.3 is 5.97 Å². The van der Waals surface area contributed by atoms with Crippen molar-refractivity contribution in [2.75, 3.05) is 13.2 Å². The van der Waals surface area contributed by atoms with Gasteiger partial charge in [-0.3, -0.25) is 4.79 Å². The van der Waals surface area contributed by atoms with Gasteiger partial charge < -0.3 is 10.1 Å². The molecule has 4 bridgehead atoms. The maximum atomic E-state index is 12.8. The Hall–Kier alpha value is -0.570. The second-order valence-corrected chi connectivity index (χ2v) is 7.72. The molecule has 0 amide bonds. The predicted octanol–water partition coefficient (Wildman–Crippen LogP) is 2.74. The van der Waals surface area contributed by atoms with Crippen LogP contribution in [-0.2, 0) is 9.53 Å². The smallest absolute Gasteiger partial charge is 0.326 e. The average molecular weight is 277 g/mol. The predicted molar refractivity (Wildman–Crippen MR) is 77.1 cm³/mol. The molecule has 0 atom stereocenters. The van der Waals surface area contributed by atoms with E-state index in [2.05, 4.69) is 5.32 Å². The van der Waals surface area contributed by atoms with Gasteiger partial charge in [-0.2, -0.15) is 0 Å². The summed E-state index contributed by atoms with van der Waals surface area (Å²) in [5.41, 5.74) is -0.327. The first-order valence-corrected chi connectivity index (χ1v) is 8.64. The first-order chi connectivity index (χ1) is 9.72. The van der Waals surface area contributed by atoms with Gasteiger partial charge in [-0.15, -0.1) is 0 Å². The van der Waals surface area contributed by atoms with Crippen molar-refractivity contribution < 1.29 is 9.53 Å². The first-order valence-electron chi connectivity index (χ1n) is 8.64. The fourth-order valence-electron chi connectivity index (χ4n) is 5.51. The van der Waals surface area contributed by atoms with Crippen molar-refractivity contribution in [3.63, 3.8) is 0 Å². The van der Waals surface area contributed by atoms with Gasteiger partial charge in [-0.1, -0.05) is 0 Å². The summed E-state index contributed by atoms with van der Waals surface area (Å²) in [4.78, 5) is 12.8. The summed E-state index contributed by atoms with van der Waals surface area (Å²) in [6.45, 7) is 3.47. The Kier molecular flexibility index (Phi) is 3.10. The molecule has 0 aromatic carbocycles. The Balaban J connectivity index is 1.61. The van der Waals surface area contributed by atoms with Crippen LogP contribution < -0.4 is 5.32 Å². The van der Waals surface area contributed by atoms with E-state index in [1.54, 1.807) is 0 Å². The van der Waals surface area contributed by atoms with Gasteiger partial charge in [0.25, 0.3) is 0 Å². The molecule has 0 aliphatic heterocycles. The summed E-state index contributed by atoms with van der Waals surface area (Å²) in [7, 11) is 0. The topological polar surface area (TPSA) is 38.3 Å². The highest BCUT2D eigenvalue weighted by Crippen LogP contribution is 2.58. The molecule has 0 aromatic heterocycles. The Morgan fingerprint density at radius 2 is 1.70 bits per heavy atom. The van der Waals surface area contributed by atoms with Gasteiger partial charge in [-0.05, 0) is 88.0 Å². The van der Waals surface area contributed by atoms with E-state index in [-0.39, 0.29) is 11.5 Å². The highest BCUT2D eigenvalue weighted by molar-refractivity contribution is 5.82. The minimum Gasteiger partial charge on any atom is -0.465 e. The molecule has 1 N–H and O–H groups in total. The van der Waals surface area contributed by atoms with Crippen LogP contribution in [0.4, 0.5) is 0 Å². The van der Waals surface area contributed by atoms with Crippen LogP contribution in [-0.4, -0.2) is 24.7 Å². The molecular formula is C17H27NO2. The molecule has 0 heterocycles.